The van der Waals surface area contributed by atoms with E-state index < -0.39 is 0 Å². The number of benzene rings is 1. The maximum absolute atomic E-state index is 12.0. The Balaban J connectivity index is 1.85. The number of hydrogen-bond donors (Lipinski definition) is 3. The third kappa shape index (κ3) is 5.75. The number of amides is 2. The van der Waals surface area contributed by atoms with Crippen molar-refractivity contribution in [2.45, 2.75) is 64.1 Å². The predicted molar refractivity (Wildman–Crippen MR) is 90.5 cm³/mol. The van der Waals surface area contributed by atoms with E-state index >= 15 is 0 Å². The zero-order chi connectivity index (χ0) is 16.5. The molecule has 0 spiro atoms. The molecule has 0 saturated heterocycles. The molecule has 1 fully saturated rings. The summed E-state index contributed by atoms with van der Waals surface area (Å²) in [7, 11) is 0. The molecule has 1 aliphatic carbocycles. The average Bonchev–Trinajstić information content (AvgIpc) is 3.06. The number of rotatable bonds is 8. The van der Waals surface area contributed by atoms with Gasteiger partial charge in [0.05, 0.1) is 6.10 Å². The van der Waals surface area contributed by atoms with Gasteiger partial charge in [0.15, 0.2) is 0 Å². The van der Waals surface area contributed by atoms with Gasteiger partial charge in [0.25, 0.3) is 0 Å². The minimum Gasteiger partial charge on any atom is -0.490 e. The van der Waals surface area contributed by atoms with Crippen LogP contribution >= 0.6 is 0 Å². The van der Waals surface area contributed by atoms with Gasteiger partial charge in [-0.3, -0.25) is 0 Å². The van der Waals surface area contributed by atoms with Crippen molar-refractivity contribution in [1.29, 1.82) is 0 Å². The Hall–Kier alpha value is -1.75. The van der Waals surface area contributed by atoms with Gasteiger partial charge in [-0.2, -0.15) is 0 Å². The molecule has 3 N–H and O–H groups in total. The highest BCUT2D eigenvalue weighted by atomic mass is 16.5. The van der Waals surface area contributed by atoms with Crippen molar-refractivity contribution in [3.8, 4) is 5.75 Å². The summed E-state index contributed by atoms with van der Waals surface area (Å²) in [6.07, 6.45) is 6.37. The molecule has 1 aromatic carbocycles. The van der Waals surface area contributed by atoms with Crippen molar-refractivity contribution in [2.24, 2.45) is 0 Å². The molecule has 0 bridgehead atoms. The highest BCUT2D eigenvalue weighted by Crippen LogP contribution is 2.26. The summed E-state index contributed by atoms with van der Waals surface area (Å²) in [6.45, 7) is 2.51. The Morgan fingerprint density at radius 3 is 2.78 bits per heavy atom. The molecular weight excluding hydrogens is 292 g/mol. The lowest BCUT2D eigenvalue weighted by atomic mass is 10.1. The number of hydrogen-bond acceptors (Lipinski definition) is 3. The van der Waals surface area contributed by atoms with Crippen LogP contribution in [-0.4, -0.2) is 29.9 Å². The fraction of sp³-hybridized carbons (Fsp3) is 0.611. The van der Waals surface area contributed by atoms with Crippen LogP contribution in [0.5, 0.6) is 5.75 Å². The topological polar surface area (TPSA) is 70.6 Å². The van der Waals surface area contributed by atoms with E-state index in [0.29, 0.717) is 19.1 Å². The maximum atomic E-state index is 12.0. The fourth-order valence-electron chi connectivity index (χ4n) is 2.90. The molecular formula is C18H28N2O3. The first-order valence-electron chi connectivity index (χ1n) is 8.62. The van der Waals surface area contributed by atoms with Gasteiger partial charge in [-0.15, -0.1) is 0 Å². The molecule has 1 saturated carbocycles. The van der Waals surface area contributed by atoms with E-state index in [9.17, 15) is 4.79 Å². The highest BCUT2D eigenvalue weighted by molar-refractivity contribution is 5.74. The molecule has 0 aliphatic heterocycles. The van der Waals surface area contributed by atoms with Gasteiger partial charge < -0.3 is 20.5 Å². The molecule has 1 aliphatic rings. The van der Waals surface area contributed by atoms with Gasteiger partial charge in [0.2, 0.25) is 0 Å². The van der Waals surface area contributed by atoms with E-state index in [1.165, 1.54) is 12.8 Å². The number of aliphatic hydroxyl groups is 1. The van der Waals surface area contributed by atoms with Gasteiger partial charge in [0.1, 0.15) is 5.75 Å². The predicted octanol–water partition coefficient (Wildman–Crippen LogP) is 2.97. The van der Waals surface area contributed by atoms with E-state index in [1.807, 2.05) is 31.2 Å². The zero-order valence-electron chi connectivity index (χ0n) is 13.9. The van der Waals surface area contributed by atoms with Crippen molar-refractivity contribution >= 4 is 6.03 Å². The van der Waals surface area contributed by atoms with E-state index in [2.05, 4.69) is 10.6 Å². The van der Waals surface area contributed by atoms with Crippen LogP contribution in [0.25, 0.3) is 0 Å². The van der Waals surface area contributed by atoms with E-state index in [1.54, 1.807) is 0 Å². The second kappa shape index (κ2) is 9.40. The number of nitrogens with one attached hydrogen (secondary N) is 2. The summed E-state index contributed by atoms with van der Waals surface area (Å²) in [4.78, 5) is 12.0. The molecule has 1 atom stereocenters. The van der Waals surface area contributed by atoms with Crippen LogP contribution in [0.3, 0.4) is 0 Å². The van der Waals surface area contributed by atoms with Crippen LogP contribution in [-0.2, 0) is 6.54 Å². The van der Waals surface area contributed by atoms with Crippen LogP contribution < -0.4 is 15.4 Å². The van der Waals surface area contributed by atoms with Crippen molar-refractivity contribution in [2.75, 3.05) is 6.61 Å². The largest absolute Gasteiger partial charge is 0.490 e. The van der Waals surface area contributed by atoms with Crippen LogP contribution in [0.4, 0.5) is 4.79 Å². The molecule has 128 valence electrons. The van der Waals surface area contributed by atoms with E-state index in [-0.39, 0.29) is 18.7 Å². The third-order valence-corrected chi connectivity index (χ3v) is 4.31. The minimum atomic E-state index is -0.207. The molecule has 2 amide bonds. The molecule has 2 rings (SSSR count). The molecule has 5 heteroatoms. The van der Waals surface area contributed by atoms with Crippen molar-refractivity contribution in [3.63, 3.8) is 0 Å². The molecule has 23 heavy (non-hydrogen) atoms. The zero-order valence-corrected chi connectivity index (χ0v) is 13.9. The monoisotopic (exact) mass is 320 g/mol. The number of urea groups is 1. The Labute approximate surface area is 138 Å². The second-order valence-electron chi connectivity index (χ2n) is 6.08. The Kier molecular flexibility index (Phi) is 7.20. The Bertz CT molecular complexity index is 487. The van der Waals surface area contributed by atoms with Gasteiger partial charge in [-0.1, -0.05) is 25.1 Å². The highest BCUT2D eigenvalue weighted by Gasteiger charge is 2.18. The van der Waals surface area contributed by atoms with Crippen LogP contribution in [0.1, 0.15) is 51.0 Å². The second-order valence-corrected chi connectivity index (χ2v) is 6.08. The Morgan fingerprint density at radius 1 is 1.35 bits per heavy atom. The fourth-order valence-corrected chi connectivity index (χ4v) is 2.90. The summed E-state index contributed by atoms with van der Waals surface area (Å²) < 4.78 is 6.07. The van der Waals surface area contributed by atoms with E-state index in [0.717, 1.165) is 30.6 Å². The standard InChI is InChI=1S/C18H28N2O3/c1-2-15(11-12-21)20-18(22)19-13-14-7-3-6-10-17(14)23-16-8-4-5-9-16/h3,6-7,10,15-16,21H,2,4-5,8-9,11-13H2,1H3,(H2,19,20,22). The number of para-hydroxylation sites is 1. The molecule has 0 radical (unpaired) electrons. The van der Waals surface area contributed by atoms with Gasteiger partial charge in [-0.25, -0.2) is 4.79 Å². The minimum absolute atomic E-state index is 0.00461. The lowest BCUT2D eigenvalue weighted by Crippen LogP contribution is -2.42. The average molecular weight is 320 g/mol. The third-order valence-electron chi connectivity index (χ3n) is 4.31. The van der Waals surface area contributed by atoms with Gasteiger partial charge in [-0.05, 0) is 44.6 Å². The lowest BCUT2D eigenvalue weighted by Gasteiger charge is -2.18. The first kappa shape index (κ1) is 17.6. The Morgan fingerprint density at radius 2 is 2.09 bits per heavy atom. The van der Waals surface area contributed by atoms with Crippen LogP contribution in [0.15, 0.2) is 24.3 Å². The van der Waals surface area contributed by atoms with Crippen LogP contribution in [0.2, 0.25) is 0 Å². The number of carbonyl (C=O) groups is 1. The lowest BCUT2D eigenvalue weighted by molar-refractivity contribution is 0.207. The van der Waals surface area contributed by atoms with Crippen LogP contribution in [0, 0.1) is 0 Å². The van der Waals surface area contributed by atoms with Crippen molar-refractivity contribution in [3.05, 3.63) is 29.8 Å². The summed E-state index contributed by atoms with van der Waals surface area (Å²) in [5.74, 6) is 0.863. The summed E-state index contributed by atoms with van der Waals surface area (Å²) in [5, 5.41) is 14.7. The smallest absolute Gasteiger partial charge is 0.315 e. The van der Waals surface area contributed by atoms with Crippen molar-refractivity contribution in [1.82, 2.24) is 10.6 Å². The summed E-state index contributed by atoms with van der Waals surface area (Å²) >= 11 is 0. The molecule has 1 unspecified atom stereocenters. The summed E-state index contributed by atoms with van der Waals surface area (Å²) in [6, 6.07) is 7.66. The normalized spacial score (nSPS) is 16.1. The summed E-state index contributed by atoms with van der Waals surface area (Å²) in [5.41, 5.74) is 0.991. The molecule has 0 aromatic heterocycles. The maximum Gasteiger partial charge on any atom is 0.315 e. The number of aliphatic hydroxyl groups excluding tert-OH is 1. The number of ether oxygens (including phenoxy) is 1. The van der Waals surface area contributed by atoms with E-state index in [4.69, 9.17) is 9.84 Å². The first-order valence-corrected chi connectivity index (χ1v) is 8.62. The van der Waals surface area contributed by atoms with Gasteiger partial charge >= 0.3 is 6.03 Å². The molecule has 5 nitrogen and oxygen atoms in total. The number of carbonyl (C=O) groups excluding carboxylic acids is 1. The van der Waals surface area contributed by atoms with Gasteiger partial charge in [0, 0.05) is 24.8 Å². The SMILES string of the molecule is CCC(CCO)NC(=O)NCc1ccccc1OC1CCCC1. The quantitative estimate of drug-likeness (QED) is 0.689. The molecule has 1 aromatic rings. The first-order chi connectivity index (χ1) is 11.2. The van der Waals surface area contributed by atoms with Crippen molar-refractivity contribution < 1.29 is 14.6 Å². The molecule has 0 heterocycles.